The maximum atomic E-state index is 11.5. The van der Waals surface area contributed by atoms with Gasteiger partial charge in [-0.1, -0.05) is 0 Å². The van der Waals surface area contributed by atoms with Gasteiger partial charge in [-0.05, 0) is 33.9 Å². The smallest absolute Gasteiger partial charge is 0.228 e. The molecule has 0 spiro atoms. The molecule has 4 nitrogen and oxygen atoms in total. The second-order valence-electron chi connectivity index (χ2n) is 4.51. The molecule has 0 aromatic rings. The third kappa shape index (κ3) is 2.84. The summed E-state index contributed by atoms with van der Waals surface area (Å²) in [7, 11) is 0.850. The second kappa shape index (κ2) is 4.57. The van der Waals surface area contributed by atoms with Crippen molar-refractivity contribution in [1.29, 1.82) is 0 Å². The van der Waals surface area contributed by atoms with Crippen molar-refractivity contribution in [1.82, 2.24) is 9.21 Å². The summed E-state index contributed by atoms with van der Waals surface area (Å²) >= 11 is 5.42. The SMILES string of the molecule is CN(C)C1(C)CCN(S(=O)(=O)CCl)CC1. The van der Waals surface area contributed by atoms with E-state index in [0.717, 1.165) is 12.8 Å². The van der Waals surface area contributed by atoms with Crippen LogP contribution in [0.3, 0.4) is 0 Å². The summed E-state index contributed by atoms with van der Waals surface area (Å²) in [5.41, 5.74) is 0.109. The molecule has 1 saturated heterocycles. The summed E-state index contributed by atoms with van der Waals surface area (Å²) in [4.78, 5) is 2.16. The van der Waals surface area contributed by atoms with Gasteiger partial charge in [-0.2, -0.15) is 0 Å². The van der Waals surface area contributed by atoms with E-state index in [-0.39, 0.29) is 10.8 Å². The van der Waals surface area contributed by atoms with Crippen LogP contribution >= 0.6 is 11.6 Å². The van der Waals surface area contributed by atoms with E-state index in [0.29, 0.717) is 13.1 Å². The lowest BCUT2D eigenvalue weighted by Crippen LogP contribution is -2.52. The van der Waals surface area contributed by atoms with Crippen LogP contribution in [0.1, 0.15) is 19.8 Å². The molecule has 0 aromatic carbocycles. The van der Waals surface area contributed by atoms with Gasteiger partial charge in [0.05, 0.1) is 0 Å². The number of halogens is 1. The van der Waals surface area contributed by atoms with Crippen molar-refractivity contribution < 1.29 is 8.42 Å². The van der Waals surface area contributed by atoms with Crippen LogP contribution in [0.2, 0.25) is 0 Å². The van der Waals surface area contributed by atoms with Gasteiger partial charge in [-0.15, -0.1) is 11.6 Å². The van der Waals surface area contributed by atoms with Crippen LogP contribution in [0.5, 0.6) is 0 Å². The van der Waals surface area contributed by atoms with Crippen molar-refractivity contribution >= 4 is 21.6 Å². The van der Waals surface area contributed by atoms with Crippen LogP contribution in [0.15, 0.2) is 0 Å². The van der Waals surface area contributed by atoms with Crippen molar-refractivity contribution in [3.63, 3.8) is 0 Å². The highest BCUT2D eigenvalue weighted by Gasteiger charge is 2.35. The molecule has 1 aliphatic heterocycles. The Hall–Kier alpha value is 0.160. The Labute approximate surface area is 97.2 Å². The third-order valence-corrected chi connectivity index (χ3v) is 5.67. The van der Waals surface area contributed by atoms with Crippen molar-refractivity contribution in [2.45, 2.75) is 25.3 Å². The first-order valence-electron chi connectivity index (χ1n) is 5.03. The van der Waals surface area contributed by atoms with Crippen molar-refractivity contribution in [3.05, 3.63) is 0 Å². The molecule has 0 atom stereocenters. The van der Waals surface area contributed by atoms with Gasteiger partial charge in [0.15, 0.2) is 0 Å². The molecule has 0 radical (unpaired) electrons. The summed E-state index contributed by atoms with van der Waals surface area (Å²) < 4.78 is 24.5. The lowest BCUT2D eigenvalue weighted by atomic mass is 9.89. The molecular weight excluding hydrogens is 236 g/mol. The Bertz CT molecular complexity index is 308. The normalized spacial score (nSPS) is 23.3. The molecule has 1 heterocycles. The summed E-state index contributed by atoms with van der Waals surface area (Å²) in [6.45, 7) is 3.31. The summed E-state index contributed by atoms with van der Waals surface area (Å²) in [5.74, 6) is 0. The fourth-order valence-corrected chi connectivity index (χ4v) is 3.05. The molecule has 15 heavy (non-hydrogen) atoms. The molecule has 0 bridgehead atoms. The Morgan fingerprint density at radius 1 is 1.33 bits per heavy atom. The van der Waals surface area contributed by atoms with Crippen LogP contribution in [-0.2, 0) is 10.0 Å². The zero-order chi connectivity index (χ0) is 11.7. The minimum absolute atomic E-state index is 0.109. The Morgan fingerprint density at radius 2 is 1.80 bits per heavy atom. The molecule has 0 N–H and O–H groups in total. The average Bonchev–Trinajstić information content (AvgIpc) is 2.18. The number of piperidine rings is 1. The predicted octanol–water partition coefficient (Wildman–Crippen LogP) is 0.929. The Morgan fingerprint density at radius 3 is 2.13 bits per heavy atom. The monoisotopic (exact) mass is 254 g/mol. The zero-order valence-corrected chi connectivity index (χ0v) is 11.1. The maximum Gasteiger partial charge on any atom is 0.228 e. The number of sulfonamides is 1. The van der Waals surface area contributed by atoms with Crippen molar-refractivity contribution in [2.75, 3.05) is 32.4 Å². The summed E-state index contributed by atoms with van der Waals surface area (Å²) in [6, 6.07) is 0. The first-order valence-corrected chi connectivity index (χ1v) is 7.17. The van der Waals surface area contributed by atoms with Crippen LogP contribution in [-0.4, -0.2) is 55.6 Å². The molecule has 1 aliphatic rings. The van der Waals surface area contributed by atoms with E-state index in [1.807, 2.05) is 14.1 Å². The molecule has 1 rings (SSSR count). The summed E-state index contributed by atoms with van der Waals surface area (Å²) in [5, 5.41) is -0.314. The second-order valence-corrected chi connectivity index (χ2v) is 7.06. The van der Waals surface area contributed by atoms with E-state index in [1.165, 1.54) is 4.31 Å². The number of hydrogen-bond donors (Lipinski definition) is 0. The zero-order valence-electron chi connectivity index (χ0n) is 9.53. The van der Waals surface area contributed by atoms with Gasteiger partial charge in [-0.25, -0.2) is 12.7 Å². The van der Waals surface area contributed by atoms with Gasteiger partial charge in [-0.3, -0.25) is 0 Å². The molecule has 0 aliphatic carbocycles. The largest absolute Gasteiger partial charge is 0.304 e. The van der Waals surface area contributed by atoms with E-state index in [4.69, 9.17) is 11.6 Å². The molecule has 0 saturated carbocycles. The minimum atomic E-state index is -3.22. The van der Waals surface area contributed by atoms with Gasteiger partial charge in [0.2, 0.25) is 10.0 Å². The van der Waals surface area contributed by atoms with Gasteiger partial charge in [0.1, 0.15) is 5.21 Å². The standard InChI is InChI=1S/C9H19ClN2O2S/c1-9(11(2)3)4-6-12(7-5-9)15(13,14)8-10/h4-8H2,1-3H3. The Balaban J connectivity index is 2.64. The number of alkyl halides is 1. The number of rotatable bonds is 3. The third-order valence-electron chi connectivity index (χ3n) is 3.41. The molecular formula is C9H19ClN2O2S. The number of nitrogens with zero attached hydrogens (tertiary/aromatic N) is 2. The van der Waals surface area contributed by atoms with Crippen LogP contribution in [0.4, 0.5) is 0 Å². The minimum Gasteiger partial charge on any atom is -0.304 e. The quantitative estimate of drug-likeness (QED) is 0.704. The van der Waals surface area contributed by atoms with Crippen molar-refractivity contribution in [3.8, 4) is 0 Å². The first kappa shape index (κ1) is 13.2. The van der Waals surface area contributed by atoms with Gasteiger partial charge < -0.3 is 4.90 Å². The fraction of sp³-hybridized carbons (Fsp3) is 1.00. The lowest BCUT2D eigenvalue weighted by Gasteiger charge is -2.43. The number of hydrogen-bond acceptors (Lipinski definition) is 3. The first-order chi connectivity index (χ1) is 6.82. The van der Waals surface area contributed by atoms with E-state index in [9.17, 15) is 8.42 Å². The molecule has 0 amide bonds. The molecule has 90 valence electrons. The van der Waals surface area contributed by atoms with Crippen LogP contribution in [0.25, 0.3) is 0 Å². The molecule has 0 aromatic heterocycles. The van der Waals surface area contributed by atoms with Gasteiger partial charge in [0, 0.05) is 18.6 Å². The Kier molecular flexibility index (Phi) is 4.03. The van der Waals surface area contributed by atoms with E-state index < -0.39 is 10.0 Å². The topological polar surface area (TPSA) is 40.6 Å². The van der Waals surface area contributed by atoms with Gasteiger partial charge in [0.25, 0.3) is 0 Å². The van der Waals surface area contributed by atoms with Crippen LogP contribution < -0.4 is 0 Å². The average molecular weight is 255 g/mol. The van der Waals surface area contributed by atoms with E-state index in [1.54, 1.807) is 0 Å². The van der Waals surface area contributed by atoms with Gasteiger partial charge >= 0.3 is 0 Å². The highest BCUT2D eigenvalue weighted by atomic mass is 35.5. The highest BCUT2D eigenvalue weighted by Crippen LogP contribution is 2.27. The summed E-state index contributed by atoms with van der Waals surface area (Å²) in [6.07, 6.45) is 1.71. The lowest BCUT2D eigenvalue weighted by molar-refractivity contribution is 0.102. The highest BCUT2D eigenvalue weighted by molar-refractivity contribution is 7.90. The molecule has 0 unspecified atom stereocenters. The predicted molar refractivity (Wildman–Crippen MR) is 62.5 cm³/mol. The molecule has 1 fully saturated rings. The van der Waals surface area contributed by atoms with Crippen molar-refractivity contribution in [2.24, 2.45) is 0 Å². The van der Waals surface area contributed by atoms with E-state index in [2.05, 4.69) is 11.8 Å². The molecule has 6 heteroatoms. The maximum absolute atomic E-state index is 11.5. The van der Waals surface area contributed by atoms with Crippen LogP contribution in [0, 0.1) is 0 Å². The van der Waals surface area contributed by atoms with E-state index >= 15 is 0 Å². The fourth-order valence-electron chi connectivity index (χ4n) is 1.76.